The Morgan fingerprint density at radius 1 is 0.536 bits per heavy atom. The molecule has 4 aromatic carbocycles. The normalized spacial score (nSPS) is 11.2. The van der Waals surface area contributed by atoms with Crippen molar-refractivity contribution in [1.29, 1.82) is 0 Å². The van der Waals surface area contributed by atoms with Crippen molar-refractivity contribution in [2.75, 3.05) is 5.32 Å². The van der Waals surface area contributed by atoms with Crippen molar-refractivity contribution in [2.24, 2.45) is 5.73 Å². The smallest absolute Gasteiger partial charge is 0.0550 e. The zero-order valence-electron chi connectivity index (χ0n) is 15.5. The van der Waals surface area contributed by atoms with Crippen molar-refractivity contribution in [2.45, 2.75) is 0 Å². The molecule has 0 aromatic heterocycles. The van der Waals surface area contributed by atoms with Crippen molar-refractivity contribution in [3.05, 3.63) is 121 Å². The first-order chi connectivity index (χ1) is 13.8. The van der Waals surface area contributed by atoms with E-state index in [0.29, 0.717) is 5.70 Å². The maximum atomic E-state index is 6.25. The van der Waals surface area contributed by atoms with E-state index in [9.17, 15) is 0 Å². The van der Waals surface area contributed by atoms with Crippen molar-refractivity contribution in [3.63, 3.8) is 0 Å². The second kappa shape index (κ2) is 8.28. The van der Waals surface area contributed by atoms with Gasteiger partial charge in [0.1, 0.15) is 0 Å². The summed E-state index contributed by atoms with van der Waals surface area (Å²) in [5, 5.41) is 3.28. The van der Waals surface area contributed by atoms with Crippen LogP contribution < -0.4 is 11.1 Å². The molecule has 4 aromatic rings. The van der Waals surface area contributed by atoms with E-state index in [1.165, 1.54) is 22.3 Å². The van der Waals surface area contributed by atoms with Gasteiger partial charge in [-0.25, -0.2) is 0 Å². The first kappa shape index (κ1) is 17.6. The average Bonchev–Trinajstić information content (AvgIpc) is 2.79. The number of anilines is 1. The highest BCUT2D eigenvalue weighted by atomic mass is 14.9. The van der Waals surface area contributed by atoms with Crippen LogP contribution in [0.3, 0.4) is 0 Å². The van der Waals surface area contributed by atoms with Gasteiger partial charge in [-0.2, -0.15) is 0 Å². The van der Waals surface area contributed by atoms with E-state index in [0.717, 1.165) is 11.3 Å². The SMILES string of the molecule is N/C(=C\Nc1ccc(-c2ccccc2)cc1)c1ccc(-c2ccccc2)cc1. The molecule has 3 N–H and O–H groups in total. The van der Waals surface area contributed by atoms with Gasteiger partial charge >= 0.3 is 0 Å². The molecule has 0 aliphatic heterocycles. The lowest BCUT2D eigenvalue weighted by molar-refractivity contribution is 1.47. The molecule has 0 saturated heterocycles. The molecule has 0 fully saturated rings. The van der Waals surface area contributed by atoms with E-state index in [1.807, 2.05) is 54.7 Å². The Morgan fingerprint density at radius 3 is 1.46 bits per heavy atom. The third kappa shape index (κ3) is 4.13. The predicted molar refractivity (Wildman–Crippen MR) is 120 cm³/mol. The van der Waals surface area contributed by atoms with E-state index in [2.05, 4.69) is 66.0 Å². The summed E-state index contributed by atoms with van der Waals surface area (Å²) in [7, 11) is 0. The van der Waals surface area contributed by atoms with Crippen molar-refractivity contribution in [3.8, 4) is 22.3 Å². The van der Waals surface area contributed by atoms with E-state index in [1.54, 1.807) is 0 Å². The molecule has 2 heteroatoms. The Kier molecular flexibility index (Phi) is 5.21. The molecule has 0 spiro atoms. The molecular formula is C26H22N2. The molecule has 136 valence electrons. The summed E-state index contributed by atoms with van der Waals surface area (Å²) in [5.74, 6) is 0. The van der Waals surface area contributed by atoms with Gasteiger partial charge in [0.2, 0.25) is 0 Å². The van der Waals surface area contributed by atoms with Gasteiger partial charge in [-0.1, -0.05) is 97.1 Å². The topological polar surface area (TPSA) is 38.0 Å². The van der Waals surface area contributed by atoms with Crippen LogP contribution in [0.25, 0.3) is 28.0 Å². The zero-order chi connectivity index (χ0) is 19.2. The molecule has 2 nitrogen and oxygen atoms in total. The van der Waals surface area contributed by atoms with Crippen LogP contribution in [0.2, 0.25) is 0 Å². The zero-order valence-corrected chi connectivity index (χ0v) is 15.5. The van der Waals surface area contributed by atoms with E-state index >= 15 is 0 Å². The summed E-state index contributed by atoms with van der Waals surface area (Å²) >= 11 is 0. The number of hydrogen-bond acceptors (Lipinski definition) is 2. The lowest BCUT2D eigenvalue weighted by atomic mass is 10.0. The molecule has 0 atom stereocenters. The minimum atomic E-state index is 0.701. The first-order valence-electron chi connectivity index (χ1n) is 9.33. The average molecular weight is 362 g/mol. The monoisotopic (exact) mass is 362 g/mol. The van der Waals surface area contributed by atoms with Crippen molar-refractivity contribution in [1.82, 2.24) is 0 Å². The maximum absolute atomic E-state index is 6.25. The van der Waals surface area contributed by atoms with Crippen LogP contribution >= 0.6 is 0 Å². The lowest BCUT2D eigenvalue weighted by Crippen LogP contribution is -2.00. The van der Waals surface area contributed by atoms with Crippen molar-refractivity contribution >= 4 is 11.4 Å². The van der Waals surface area contributed by atoms with Gasteiger partial charge in [0.05, 0.1) is 5.70 Å². The second-order valence-corrected chi connectivity index (χ2v) is 6.63. The summed E-state index contributed by atoms with van der Waals surface area (Å²) in [4.78, 5) is 0. The first-order valence-corrected chi connectivity index (χ1v) is 9.33. The van der Waals surface area contributed by atoms with Gasteiger partial charge in [0.25, 0.3) is 0 Å². The Morgan fingerprint density at radius 2 is 0.964 bits per heavy atom. The minimum Gasteiger partial charge on any atom is -0.397 e. The standard InChI is InChI=1S/C26H22N2/c27-26(24-13-11-22(12-14-24)20-7-3-1-4-8-20)19-28-25-17-15-23(16-18-25)21-9-5-2-6-10-21/h1-19,28H,27H2/b26-19-. The van der Waals surface area contributed by atoms with Gasteiger partial charge in [-0.05, 0) is 39.9 Å². The maximum Gasteiger partial charge on any atom is 0.0550 e. The van der Waals surface area contributed by atoms with Crippen LogP contribution in [-0.4, -0.2) is 0 Å². The fourth-order valence-electron chi connectivity index (χ4n) is 3.12. The van der Waals surface area contributed by atoms with Crippen LogP contribution in [0.15, 0.2) is 115 Å². The van der Waals surface area contributed by atoms with Gasteiger partial charge in [-0.3, -0.25) is 0 Å². The highest BCUT2D eigenvalue weighted by Gasteiger charge is 2.00. The largest absolute Gasteiger partial charge is 0.397 e. The molecule has 0 unspecified atom stereocenters. The number of benzene rings is 4. The Bertz CT molecular complexity index is 1050. The van der Waals surface area contributed by atoms with Gasteiger partial charge in [-0.15, -0.1) is 0 Å². The Balaban J connectivity index is 1.44. The third-order valence-corrected chi connectivity index (χ3v) is 4.71. The molecule has 0 heterocycles. The molecule has 28 heavy (non-hydrogen) atoms. The molecule has 0 aliphatic carbocycles. The lowest BCUT2D eigenvalue weighted by Gasteiger charge is -2.07. The van der Waals surface area contributed by atoms with Crippen LogP contribution in [0.4, 0.5) is 5.69 Å². The Hall–Kier alpha value is -3.78. The van der Waals surface area contributed by atoms with Crippen LogP contribution in [0.5, 0.6) is 0 Å². The highest BCUT2D eigenvalue weighted by molar-refractivity contribution is 5.71. The minimum absolute atomic E-state index is 0.701. The highest BCUT2D eigenvalue weighted by Crippen LogP contribution is 2.23. The molecule has 0 aliphatic rings. The summed E-state index contributed by atoms with van der Waals surface area (Å²) in [6, 6.07) is 37.3. The van der Waals surface area contributed by atoms with Gasteiger partial charge < -0.3 is 11.1 Å². The molecule has 4 rings (SSSR count). The van der Waals surface area contributed by atoms with Gasteiger partial charge in [0.15, 0.2) is 0 Å². The summed E-state index contributed by atoms with van der Waals surface area (Å²) in [5.41, 5.74) is 13.7. The number of nitrogens with one attached hydrogen (secondary N) is 1. The molecule has 0 amide bonds. The van der Waals surface area contributed by atoms with Crippen LogP contribution in [0, 0.1) is 0 Å². The molecule has 0 bridgehead atoms. The number of hydrogen-bond donors (Lipinski definition) is 2. The number of rotatable bonds is 5. The second-order valence-electron chi connectivity index (χ2n) is 6.63. The van der Waals surface area contributed by atoms with E-state index in [4.69, 9.17) is 5.73 Å². The molecular weight excluding hydrogens is 340 g/mol. The van der Waals surface area contributed by atoms with E-state index in [-0.39, 0.29) is 0 Å². The van der Waals surface area contributed by atoms with E-state index < -0.39 is 0 Å². The van der Waals surface area contributed by atoms with Crippen molar-refractivity contribution < 1.29 is 0 Å². The summed E-state index contributed by atoms with van der Waals surface area (Å²) < 4.78 is 0. The predicted octanol–water partition coefficient (Wildman–Crippen LogP) is 6.39. The quantitative estimate of drug-likeness (QED) is 0.432. The summed E-state index contributed by atoms with van der Waals surface area (Å²) in [6.45, 7) is 0. The van der Waals surface area contributed by atoms with Crippen LogP contribution in [-0.2, 0) is 0 Å². The molecule has 0 radical (unpaired) electrons. The summed E-state index contributed by atoms with van der Waals surface area (Å²) in [6.07, 6.45) is 1.84. The Labute approximate surface area is 166 Å². The van der Waals surface area contributed by atoms with Crippen LogP contribution in [0.1, 0.15) is 5.56 Å². The molecule has 0 saturated carbocycles. The van der Waals surface area contributed by atoms with Gasteiger partial charge in [0, 0.05) is 11.9 Å². The number of nitrogens with two attached hydrogens (primary N) is 1. The fraction of sp³-hybridized carbons (Fsp3) is 0. The fourth-order valence-corrected chi connectivity index (χ4v) is 3.12. The third-order valence-electron chi connectivity index (χ3n) is 4.71.